The molecule has 0 aliphatic carbocycles. The smallest absolute Gasteiger partial charge is 0.227 e. The number of benzene rings is 2. The summed E-state index contributed by atoms with van der Waals surface area (Å²) in [5.41, 5.74) is 3.13. The van der Waals surface area contributed by atoms with E-state index in [1.54, 1.807) is 0 Å². The molecule has 0 unspecified atom stereocenters. The summed E-state index contributed by atoms with van der Waals surface area (Å²) < 4.78 is 16.4. The Morgan fingerprint density at radius 3 is 2.69 bits per heavy atom. The minimum atomic E-state index is -0.0744. The summed E-state index contributed by atoms with van der Waals surface area (Å²) in [6.07, 6.45) is 1.30. The quantitative estimate of drug-likeness (QED) is 0.535. The zero-order valence-electron chi connectivity index (χ0n) is 18.2. The highest BCUT2D eigenvalue weighted by molar-refractivity contribution is 6.32. The summed E-state index contributed by atoms with van der Waals surface area (Å²) >= 11 is 6.26. The third-order valence-electron chi connectivity index (χ3n) is 5.26. The lowest BCUT2D eigenvalue weighted by molar-refractivity contribution is -0.121. The van der Waals surface area contributed by atoms with Crippen LogP contribution in [0.2, 0.25) is 5.02 Å². The van der Waals surface area contributed by atoms with Gasteiger partial charge < -0.3 is 19.3 Å². The van der Waals surface area contributed by atoms with Crippen LogP contribution in [0.15, 0.2) is 40.9 Å². The lowest BCUT2D eigenvalue weighted by atomic mass is 10.0. The molecule has 0 saturated heterocycles. The van der Waals surface area contributed by atoms with Gasteiger partial charge in [-0.1, -0.05) is 54.9 Å². The Morgan fingerprint density at radius 2 is 1.91 bits per heavy atom. The number of rotatable bonds is 8. The van der Waals surface area contributed by atoms with Crippen LogP contribution < -0.4 is 14.8 Å². The molecule has 0 radical (unpaired) electrons. The van der Waals surface area contributed by atoms with Crippen LogP contribution in [0.5, 0.6) is 11.5 Å². The van der Waals surface area contributed by atoms with Crippen molar-refractivity contribution >= 4 is 17.5 Å². The standard InChI is InChI=1S/C24H26ClN3O4/c1-15(2)17-3-5-18(6-4-17)24-27-22(32-28-24)8-7-21(29)26-10-9-16-13-19(25)23-20(14-16)30-11-12-31-23/h3-6,13-15H,7-12H2,1-2H3,(H,26,29). The van der Waals surface area contributed by atoms with Crippen LogP contribution in [0.3, 0.4) is 0 Å². The minimum absolute atomic E-state index is 0.0744. The third kappa shape index (κ3) is 5.40. The Balaban J connectivity index is 1.24. The maximum Gasteiger partial charge on any atom is 0.227 e. The normalized spacial score (nSPS) is 12.8. The van der Waals surface area contributed by atoms with E-state index in [4.69, 9.17) is 25.6 Å². The van der Waals surface area contributed by atoms with Gasteiger partial charge in [0.1, 0.15) is 13.2 Å². The molecule has 0 spiro atoms. The van der Waals surface area contributed by atoms with Gasteiger partial charge >= 0.3 is 0 Å². The minimum Gasteiger partial charge on any atom is -0.486 e. The third-order valence-corrected chi connectivity index (χ3v) is 5.54. The summed E-state index contributed by atoms with van der Waals surface area (Å²) in [6, 6.07) is 11.9. The van der Waals surface area contributed by atoms with E-state index < -0.39 is 0 Å². The molecule has 0 bridgehead atoms. The predicted molar refractivity (Wildman–Crippen MR) is 121 cm³/mol. The predicted octanol–water partition coefficient (Wildman–Crippen LogP) is 4.58. The van der Waals surface area contributed by atoms with Crippen molar-refractivity contribution in [1.29, 1.82) is 0 Å². The molecule has 1 aromatic heterocycles. The SMILES string of the molecule is CC(C)c1ccc(-c2noc(CCC(=O)NCCc3cc(Cl)c4c(c3)OCCO4)n2)cc1. The molecule has 8 heteroatoms. The number of halogens is 1. The maximum absolute atomic E-state index is 12.2. The molecule has 168 valence electrons. The number of fused-ring (bicyclic) bond motifs is 1. The second-order valence-corrected chi connectivity index (χ2v) is 8.40. The molecule has 32 heavy (non-hydrogen) atoms. The zero-order chi connectivity index (χ0) is 22.5. The number of aryl methyl sites for hydroxylation is 1. The van der Waals surface area contributed by atoms with Gasteiger partial charge in [0.25, 0.3) is 0 Å². The molecule has 0 saturated carbocycles. The number of nitrogens with one attached hydrogen (secondary N) is 1. The van der Waals surface area contributed by atoms with Gasteiger partial charge in [-0.05, 0) is 35.6 Å². The largest absolute Gasteiger partial charge is 0.486 e. The van der Waals surface area contributed by atoms with Crippen molar-refractivity contribution in [2.75, 3.05) is 19.8 Å². The van der Waals surface area contributed by atoms with Crippen LogP contribution in [0.4, 0.5) is 0 Å². The number of nitrogens with zero attached hydrogens (tertiary/aromatic N) is 2. The summed E-state index contributed by atoms with van der Waals surface area (Å²) in [7, 11) is 0. The average Bonchev–Trinajstić information content (AvgIpc) is 3.27. The van der Waals surface area contributed by atoms with Gasteiger partial charge in [-0.15, -0.1) is 0 Å². The fraction of sp³-hybridized carbons (Fsp3) is 0.375. The van der Waals surface area contributed by atoms with Crippen molar-refractivity contribution in [3.63, 3.8) is 0 Å². The lowest BCUT2D eigenvalue weighted by Gasteiger charge is -2.20. The second-order valence-electron chi connectivity index (χ2n) is 7.99. The summed E-state index contributed by atoms with van der Waals surface area (Å²) in [4.78, 5) is 16.6. The van der Waals surface area contributed by atoms with Crippen LogP contribution in [-0.4, -0.2) is 35.8 Å². The van der Waals surface area contributed by atoms with E-state index in [0.717, 1.165) is 11.1 Å². The summed E-state index contributed by atoms with van der Waals surface area (Å²) in [5, 5.41) is 7.47. The van der Waals surface area contributed by atoms with Gasteiger partial charge in [-0.25, -0.2) is 0 Å². The van der Waals surface area contributed by atoms with Crippen LogP contribution >= 0.6 is 11.6 Å². The molecule has 1 amide bonds. The number of ether oxygens (including phenoxy) is 2. The molecule has 1 N–H and O–H groups in total. The number of carbonyl (C=O) groups excluding carboxylic acids is 1. The number of amides is 1. The Bertz CT molecular complexity index is 1080. The van der Waals surface area contributed by atoms with Crippen molar-refractivity contribution in [3.8, 4) is 22.9 Å². The van der Waals surface area contributed by atoms with Crippen LogP contribution in [0, 0.1) is 0 Å². The number of carbonyl (C=O) groups is 1. The Kier molecular flexibility index (Phi) is 6.95. The van der Waals surface area contributed by atoms with Gasteiger partial charge in [0.15, 0.2) is 11.5 Å². The fourth-order valence-electron chi connectivity index (χ4n) is 3.45. The van der Waals surface area contributed by atoms with E-state index in [2.05, 4.69) is 41.4 Å². The Hall–Kier alpha value is -3.06. The number of hydrogen-bond acceptors (Lipinski definition) is 6. The summed E-state index contributed by atoms with van der Waals surface area (Å²) in [5.74, 6) is 2.61. The first-order chi connectivity index (χ1) is 15.5. The van der Waals surface area contributed by atoms with E-state index >= 15 is 0 Å². The van der Waals surface area contributed by atoms with Crippen molar-refractivity contribution in [2.24, 2.45) is 0 Å². The van der Waals surface area contributed by atoms with E-state index in [-0.39, 0.29) is 12.3 Å². The molecule has 0 fully saturated rings. The maximum atomic E-state index is 12.2. The first-order valence-electron chi connectivity index (χ1n) is 10.8. The molecule has 2 aromatic carbocycles. The highest BCUT2D eigenvalue weighted by Crippen LogP contribution is 2.38. The fourth-order valence-corrected chi connectivity index (χ4v) is 3.74. The first kappa shape index (κ1) is 22.1. The van der Waals surface area contributed by atoms with E-state index in [9.17, 15) is 4.79 Å². The highest BCUT2D eigenvalue weighted by Gasteiger charge is 2.17. The van der Waals surface area contributed by atoms with Crippen LogP contribution in [0.25, 0.3) is 11.4 Å². The number of hydrogen-bond donors (Lipinski definition) is 1. The highest BCUT2D eigenvalue weighted by atomic mass is 35.5. The molecule has 1 aliphatic rings. The van der Waals surface area contributed by atoms with Crippen molar-refractivity contribution < 1.29 is 18.8 Å². The topological polar surface area (TPSA) is 86.5 Å². The van der Waals surface area contributed by atoms with Crippen molar-refractivity contribution in [1.82, 2.24) is 15.5 Å². The summed E-state index contributed by atoms with van der Waals surface area (Å²) in [6.45, 7) is 5.79. The van der Waals surface area contributed by atoms with Gasteiger partial charge in [0.05, 0.1) is 5.02 Å². The van der Waals surface area contributed by atoms with Crippen LogP contribution in [0.1, 0.15) is 43.2 Å². The van der Waals surface area contributed by atoms with Crippen molar-refractivity contribution in [2.45, 2.75) is 39.0 Å². The van der Waals surface area contributed by atoms with Gasteiger partial charge in [0.2, 0.25) is 17.6 Å². The van der Waals surface area contributed by atoms with E-state index in [1.165, 1.54) is 5.56 Å². The monoisotopic (exact) mass is 455 g/mol. The Labute approximate surface area is 192 Å². The molecule has 7 nitrogen and oxygen atoms in total. The molecule has 4 rings (SSSR count). The van der Waals surface area contributed by atoms with Gasteiger partial charge in [-0.3, -0.25) is 4.79 Å². The Morgan fingerprint density at radius 1 is 1.12 bits per heavy atom. The van der Waals surface area contributed by atoms with Crippen LogP contribution in [-0.2, 0) is 17.6 Å². The molecule has 0 atom stereocenters. The molecule has 3 aromatic rings. The van der Waals surface area contributed by atoms with E-state index in [1.807, 2.05) is 24.3 Å². The average molecular weight is 456 g/mol. The molecular weight excluding hydrogens is 430 g/mol. The van der Waals surface area contributed by atoms with E-state index in [0.29, 0.717) is 66.8 Å². The molecule has 1 aliphatic heterocycles. The first-order valence-corrected chi connectivity index (χ1v) is 11.1. The van der Waals surface area contributed by atoms with Gasteiger partial charge in [-0.2, -0.15) is 4.98 Å². The number of aromatic nitrogens is 2. The zero-order valence-corrected chi connectivity index (χ0v) is 18.9. The van der Waals surface area contributed by atoms with Crippen molar-refractivity contribution in [3.05, 3.63) is 58.4 Å². The molecule has 2 heterocycles. The molecular formula is C24H26ClN3O4. The van der Waals surface area contributed by atoms with Gasteiger partial charge in [0, 0.05) is 24.9 Å². The lowest BCUT2D eigenvalue weighted by Crippen LogP contribution is -2.26. The second kappa shape index (κ2) is 10.0.